The molecule has 0 bridgehead atoms. The summed E-state index contributed by atoms with van der Waals surface area (Å²) in [6, 6.07) is 2.60. The summed E-state index contributed by atoms with van der Waals surface area (Å²) in [5.74, 6) is -2.96. The van der Waals surface area contributed by atoms with Gasteiger partial charge in [0.15, 0.2) is 0 Å². The van der Waals surface area contributed by atoms with Crippen LogP contribution in [0.5, 0.6) is 0 Å². The summed E-state index contributed by atoms with van der Waals surface area (Å²) in [5.41, 5.74) is -3.79. The van der Waals surface area contributed by atoms with Crippen molar-refractivity contribution in [3.8, 4) is 0 Å². The molecule has 1 saturated heterocycles. The minimum atomic E-state index is -1.50. The van der Waals surface area contributed by atoms with Crippen LogP contribution in [-0.2, 0) is 28.5 Å². The first kappa shape index (κ1) is 42.9. The molecule has 292 valence electrons. The van der Waals surface area contributed by atoms with E-state index in [1.54, 1.807) is 65.0 Å². The monoisotopic (exact) mass is 746 g/mol. The number of aliphatic hydroxyl groups is 3. The molecule has 0 amide bonds. The highest BCUT2D eigenvalue weighted by Gasteiger charge is 2.48. The number of epoxide rings is 1. The van der Waals surface area contributed by atoms with E-state index in [1.165, 1.54) is 13.8 Å². The van der Waals surface area contributed by atoms with Crippen LogP contribution in [0.15, 0.2) is 54.2 Å². The van der Waals surface area contributed by atoms with Crippen molar-refractivity contribution in [2.24, 2.45) is 11.8 Å². The van der Waals surface area contributed by atoms with Crippen LogP contribution >= 0.6 is 0 Å². The molecule has 0 saturated carbocycles. The van der Waals surface area contributed by atoms with Gasteiger partial charge in [-0.2, -0.15) is 0 Å². The Morgan fingerprint density at radius 1 is 1.15 bits per heavy atom. The Hall–Kier alpha value is -4.51. The Morgan fingerprint density at radius 2 is 1.77 bits per heavy atom. The zero-order valence-corrected chi connectivity index (χ0v) is 31.0. The Labute approximate surface area is 307 Å². The second kappa shape index (κ2) is 18.0. The van der Waals surface area contributed by atoms with Crippen molar-refractivity contribution >= 4 is 29.3 Å². The van der Waals surface area contributed by atoms with Crippen LogP contribution in [0.1, 0.15) is 90.9 Å². The topological polar surface area (TPSA) is 238 Å². The fourth-order valence-corrected chi connectivity index (χ4v) is 6.29. The third kappa shape index (κ3) is 12.6. The average molecular weight is 747 g/mol. The minimum absolute atomic E-state index is 0.0701. The molecule has 1 aromatic rings. The molecule has 3 rings (SSSR count). The Bertz CT molecular complexity index is 1580. The van der Waals surface area contributed by atoms with Gasteiger partial charge in [0.2, 0.25) is 0 Å². The van der Waals surface area contributed by atoms with E-state index in [2.05, 4.69) is 0 Å². The van der Waals surface area contributed by atoms with E-state index in [4.69, 9.17) is 18.9 Å². The zero-order chi connectivity index (χ0) is 39.8. The van der Waals surface area contributed by atoms with Gasteiger partial charge in [-0.1, -0.05) is 45.1 Å². The first-order valence-electron chi connectivity index (χ1n) is 17.5. The van der Waals surface area contributed by atoms with Crippen LogP contribution in [0.25, 0.3) is 0 Å². The van der Waals surface area contributed by atoms with Gasteiger partial charge in [0.25, 0.3) is 11.4 Å². The quantitative estimate of drug-likeness (QED) is 0.0467. The van der Waals surface area contributed by atoms with Crippen LogP contribution in [0.2, 0.25) is 0 Å². The van der Waals surface area contributed by atoms with E-state index in [-0.39, 0.29) is 43.3 Å². The summed E-state index contributed by atoms with van der Waals surface area (Å²) in [5, 5.41) is 55.1. The predicted octanol–water partition coefficient (Wildman–Crippen LogP) is 4.82. The standard InChI is InChI=1S/C37H50N2O14/c1-8-29(52-35(43)25-16-26(38(46)47)18-27(17-25)39(48)49)23(4)34-30(51-34)20-36(6,44)14-9-10-21(2)33-22(3)11-12-31(50-24(5)40)37(7,45)15-13-28(41)19-32(42)53-33/h9-12,14,16-18,22-23,28-31,33-34,41,44-45H,8,13,15,19-20H2,1-7H3/b12-11?,14-9+,21-10+/t22-,23+,28?,29-,30+,31-,33+,34+,36-,37+/m0/s1. The third-order valence-corrected chi connectivity index (χ3v) is 9.44. The number of benzene rings is 1. The minimum Gasteiger partial charge on any atom is -0.458 e. The number of hydrogen-bond acceptors (Lipinski definition) is 14. The van der Waals surface area contributed by atoms with Crippen molar-refractivity contribution in [3.63, 3.8) is 0 Å². The summed E-state index contributed by atoms with van der Waals surface area (Å²) < 4.78 is 22.6. The molecule has 1 aromatic carbocycles. The molecule has 0 aromatic heterocycles. The van der Waals surface area contributed by atoms with Crippen LogP contribution in [0.3, 0.4) is 0 Å². The molecule has 2 heterocycles. The van der Waals surface area contributed by atoms with E-state index in [1.807, 2.05) is 0 Å². The SMILES string of the molecule is CC[C@H](OC(=O)c1cc([N+](=O)[O-])cc([N+](=O)[O-])c1)[C@@H](C)[C@H]1O[C@@H]1C[C@@](C)(O)/C=C/C=C(\C)[C@H]1OC(=O)CC(O)CC[C@@](C)(O)[C@@H](OC(C)=O)C=C[C@@H]1C. The molecule has 1 fully saturated rings. The molecule has 3 N–H and O–H groups in total. The average Bonchev–Trinajstić information content (AvgIpc) is 3.83. The Balaban J connectivity index is 1.69. The number of aliphatic hydroxyl groups excluding tert-OH is 1. The third-order valence-electron chi connectivity index (χ3n) is 9.44. The van der Waals surface area contributed by atoms with Crippen molar-refractivity contribution in [1.29, 1.82) is 0 Å². The lowest BCUT2D eigenvalue weighted by atomic mass is 9.88. The van der Waals surface area contributed by atoms with Crippen molar-refractivity contribution in [2.75, 3.05) is 0 Å². The molecule has 0 spiro atoms. The van der Waals surface area contributed by atoms with E-state index < -0.39 is 86.8 Å². The highest BCUT2D eigenvalue weighted by Crippen LogP contribution is 2.39. The maximum Gasteiger partial charge on any atom is 0.338 e. The van der Waals surface area contributed by atoms with Crippen LogP contribution in [0, 0.1) is 32.1 Å². The molecular weight excluding hydrogens is 696 g/mol. The zero-order valence-electron chi connectivity index (χ0n) is 31.0. The van der Waals surface area contributed by atoms with Crippen molar-refractivity contribution < 1.29 is 58.5 Å². The first-order valence-corrected chi connectivity index (χ1v) is 17.5. The lowest BCUT2D eigenvalue weighted by Crippen LogP contribution is -2.42. The fourth-order valence-electron chi connectivity index (χ4n) is 6.29. The van der Waals surface area contributed by atoms with Crippen molar-refractivity contribution in [2.45, 2.75) is 128 Å². The van der Waals surface area contributed by atoms with Crippen molar-refractivity contribution in [3.05, 3.63) is 79.9 Å². The fraction of sp³-hybridized carbons (Fsp3) is 0.595. The van der Waals surface area contributed by atoms with Gasteiger partial charge in [-0.25, -0.2) is 4.79 Å². The first-order chi connectivity index (χ1) is 24.6. The molecular formula is C37H50N2O14. The molecule has 0 aliphatic carbocycles. The summed E-state index contributed by atoms with van der Waals surface area (Å²) in [4.78, 5) is 58.2. The molecule has 1 unspecified atom stereocenters. The Morgan fingerprint density at radius 3 is 2.34 bits per heavy atom. The van der Waals surface area contributed by atoms with Gasteiger partial charge in [0.1, 0.15) is 23.9 Å². The molecule has 2 aliphatic rings. The summed E-state index contributed by atoms with van der Waals surface area (Å²) in [6.07, 6.45) is 4.12. The van der Waals surface area contributed by atoms with Gasteiger partial charge in [-0.3, -0.25) is 29.8 Å². The van der Waals surface area contributed by atoms with E-state index in [0.29, 0.717) is 12.0 Å². The van der Waals surface area contributed by atoms with Crippen molar-refractivity contribution in [1.82, 2.24) is 0 Å². The lowest BCUT2D eigenvalue weighted by Gasteiger charge is -2.32. The number of hydrogen-bond donors (Lipinski definition) is 3. The second-order valence-corrected chi connectivity index (χ2v) is 14.4. The second-order valence-electron chi connectivity index (χ2n) is 14.4. The lowest BCUT2D eigenvalue weighted by molar-refractivity contribution is -0.394. The van der Waals surface area contributed by atoms with Gasteiger partial charge >= 0.3 is 17.9 Å². The number of non-ortho nitro benzene ring substituents is 2. The van der Waals surface area contributed by atoms with Gasteiger partial charge in [-0.15, -0.1) is 0 Å². The van der Waals surface area contributed by atoms with Crippen LogP contribution in [-0.4, -0.2) is 90.9 Å². The molecule has 16 heteroatoms. The van der Waals surface area contributed by atoms with Gasteiger partial charge in [0, 0.05) is 37.3 Å². The van der Waals surface area contributed by atoms with Gasteiger partial charge in [-0.05, 0) is 51.7 Å². The Kier molecular flexibility index (Phi) is 14.6. The normalized spacial score (nSPS) is 29.1. The van der Waals surface area contributed by atoms with Crippen LogP contribution < -0.4 is 0 Å². The number of cyclic esters (lactones) is 1. The smallest absolute Gasteiger partial charge is 0.338 e. The number of nitro groups is 2. The summed E-state index contributed by atoms with van der Waals surface area (Å²) >= 11 is 0. The number of nitro benzene ring substituents is 2. The number of carbonyl (C=O) groups is 3. The number of rotatable bonds is 13. The maximum absolute atomic E-state index is 12.9. The molecule has 16 nitrogen and oxygen atoms in total. The van der Waals surface area contributed by atoms with E-state index >= 15 is 0 Å². The number of carbonyl (C=O) groups excluding carboxylic acids is 3. The largest absolute Gasteiger partial charge is 0.458 e. The highest BCUT2D eigenvalue weighted by molar-refractivity contribution is 5.91. The molecule has 53 heavy (non-hydrogen) atoms. The summed E-state index contributed by atoms with van der Waals surface area (Å²) in [7, 11) is 0. The summed E-state index contributed by atoms with van der Waals surface area (Å²) in [6.45, 7) is 11.4. The van der Waals surface area contributed by atoms with Gasteiger partial charge < -0.3 is 34.3 Å². The maximum atomic E-state index is 12.9. The predicted molar refractivity (Wildman–Crippen MR) is 189 cm³/mol. The molecule has 2 aliphatic heterocycles. The van der Waals surface area contributed by atoms with Crippen LogP contribution in [0.4, 0.5) is 11.4 Å². The van der Waals surface area contributed by atoms with E-state index in [9.17, 15) is 49.9 Å². The number of nitrogens with zero attached hydrogens (tertiary/aromatic N) is 2. The number of allylic oxidation sites excluding steroid dienone is 2. The van der Waals surface area contributed by atoms with E-state index in [0.717, 1.165) is 18.2 Å². The molecule has 0 radical (unpaired) electrons. The highest BCUT2D eigenvalue weighted by atomic mass is 16.6. The molecule has 10 atom stereocenters. The number of esters is 3. The van der Waals surface area contributed by atoms with Gasteiger partial charge in [0.05, 0.1) is 51.8 Å². The number of ether oxygens (including phenoxy) is 4.